The molecule has 0 aromatic heterocycles. The maximum absolute atomic E-state index is 11.5. The SMILES string of the molecule is CCOCCOC(C)C(=O)NCC(C)CN.Cl. The van der Waals surface area contributed by atoms with E-state index in [1.165, 1.54) is 0 Å². The highest BCUT2D eigenvalue weighted by molar-refractivity contribution is 5.85. The summed E-state index contributed by atoms with van der Waals surface area (Å²) in [6.07, 6.45) is -0.439. The van der Waals surface area contributed by atoms with Crippen LogP contribution in [-0.4, -0.2) is 44.9 Å². The summed E-state index contributed by atoms with van der Waals surface area (Å²) in [5.41, 5.74) is 5.45. The quantitative estimate of drug-likeness (QED) is 0.600. The Morgan fingerprint density at radius 2 is 2.00 bits per heavy atom. The molecule has 104 valence electrons. The monoisotopic (exact) mass is 268 g/mol. The number of hydrogen-bond acceptors (Lipinski definition) is 4. The zero-order valence-electron chi connectivity index (χ0n) is 10.9. The fourth-order valence-electron chi connectivity index (χ4n) is 1.01. The predicted octanol–water partition coefficient (Wildman–Crippen LogP) is 0.561. The van der Waals surface area contributed by atoms with Gasteiger partial charge in [0, 0.05) is 13.2 Å². The normalized spacial score (nSPS) is 13.6. The number of hydrogen-bond donors (Lipinski definition) is 2. The van der Waals surface area contributed by atoms with Crippen LogP contribution in [0.25, 0.3) is 0 Å². The highest BCUT2D eigenvalue weighted by Gasteiger charge is 2.13. The molecule has 2 unspecified atom stereocenters. The van der Waals surface area contributed by atoms with Gasteiger partial charge in [0.15, 0.2) is 0 Å². The highest BCUT2D eigenvalue weighted by atomic mass is 35.5. The molecule has 0 radical (unpaired) electrons. The van der Waals surface area contributed by atoms with Crippen molar-refractivity contribution in [2.45, 2.75) is 26.9 Å². The van der Waals surface area contributed by atoms with Crippen molar-refractivity contribution in [1.29, 1.82) is 0 Å². The van der Waals surface area contributed by atoms with E-state index in [9.17, 15) is 4.79 Å². The second-order valence-electron chi connectivity index (χ2n) is 3.80. The summed E-state index contributed by atoms with van der Waals surface area (Å²) in [5.74, 6) is 0.191. The van der Waals surface area contributed by atoms with E-state index in [1.54, 1.807) is 6.92 Å². The molecule has 0 aromatic carbocycles. The van der Waals surface area contributed by atoms with Crippen molar-refractivity contribution < 1.29 is 14.3 Å². The Labute approximate surface area is 110 Å². The smallest absolute Gasteiger partial charge is 0.248 e. The third-order valence-corrected chi connectivity index (χ3v) is 2.20. The number of rotatable bonds is 9. The molecule has 5 nitrogen and oxygen atoms in total. The standard InChI is InChI=1S/C11H24N2O3.ClH/c1-4-15-5-6-16-10(3)11(14)13-8-9(2)7-12;/h9-10H,4-8,12H2,1-3H3,(H,13,14);1H. The summed E-state index contributed by atoms with van der Waals surface area (Å²) < 4.78 is 10.4. The van der Waals surface area contributed by atoms with E-state index in [-0.39, 0.29) is 18.3 Å². The summed E-state index contributed by atoms with van der Waals surface area (Å²) in [7, 11) is 0. The van der Waals surface area contributed by atoms with Gasteiger partial charge in [0.2, 0.25) is 5.91 Å². The Kier molecular flexibility index (Phi) is 13.5. The lowest BCUT2D eigenvalue weighted by Gasteiger charge is -2.15. The topological polar surface area (TPSA) is 73.6 Å². The fraction of sp³-hybridized carbons (Fsp3) is 0.909. The minimum absolute atomic E-state index is 0. The molecule has 6 heteroatoms. The molecule has 17 heavy (non-hydrogen) atoms. The van der Waals surface area contributed by atoms with E-state index >= 15 is 0 Å². The van der Waals surface area contributed by atoms with Crippen molar-refractivity contribution in [3.05, 3.63) is 0 Å². The minimum atomic E-state index is -0.439. The van der Waals surface area contributed by atoms with Gasteiger partial charge in [-0.2, -0.15) is 0 Å². The van der Waals surface area contributed by atoms with Gasteiger partial charge in [-0.15, -0.1) is 12.4 Å². The van der Waals surface area contributed by atoms with Crippen LogP contribution in [0.1, 0.15) is 20.8 Å². The number of ether oxygens (including phenoxy) is 2. The molecule has 0 heterocycles. The zero-order chi connectivity index (χ0) is 12.4. The summed E-state index contributed by atoms with van der Waals surface area (Å²) in [5, 5.41) is 2.79. The van der Waals surface area contributed by atoms with Gasteiger partial charge >= 0.3 is 0 Å². The van der Waals surface area contributed by atoms with Gasteiger partial charge in [-0.1, -0.05) is 6.92 Å². The molecule has 0 aliphatic heterocycles. The third kappa shape index (κ3) is 10.5. The number of carbonyl (C=O) groups is 1. The molecule has 2 atom stereocenters. The summed E-state index contributed by atoms with van der Waals surface area (Å²) in [4.78, 5) is 11.5. The lowest BCUT2D eigenvalue weighted by molar-refractivity contribution is -0.132. The molecule has 0 spiro atoms. The molecule has 0 saturated carbocycles. The highest BCUT2D eigenvalue weighted by Crippen LogP contribution is 1.93. The summed E-state index contributed by atoms with van der Waals surface area (Å²) in [6, 6.07) is 0. The number of amides is 1. The van der Waals surface area contributed by atoms with E-state index in [2.05, 4.69) is 5.32 Å². The second-order valence-corrected chi connectivity index (χ2v) is 3.80. The lowest BCUT2D eigenvalue weighted by atomic mass is 10.2. The van der Waals surface area contributed by atoms with Crippen molar-refractivity contribution in [2.75, 3.05) is 32.9 Å². The van der Waals surface area contributed by atoms with Crippen LogP contribution in [0, 0.1) is 5.92 Å². The van der Waals surface area contributed by atoms with Gasteiger partial charge in [0.05, 0.1) is 13.2 Å². The predicted molar refractivity (Wildman–Crippen MR) is 70.4 cm³/mol. The van der Waals surface area contributed by atoms with Crippen molar-refractivity contribution in [2.24, 2.45) is 11.7 Å². The molecule has 0 bridgehead atoms. The van der Waals surface area contributed by atoms with Crippen LogP contribution in [0.5, 0.6) is 0 Å². The van der Waals surface area contributed by atoms with Crippen LogP contribution in [0.15, 0.2) is 0 Å². The Hall–Kier alpha value is -0.360. The van der Waals surface area contributed by atoms with Crippen LogP contribution in [0.4, 0.5) is 0 Å². The van der Waals surface area contributed by atoms with Gasteiger partial charge in [0.1, 0.15) is 6.10 Å². The van der Waals surface area contributed by atoms with E-state index in [1.807, 2.05) is 13.8 Å². The van der Waals surface area contributed by atoms with Crippen LogP contribution < -0.4 is 11.1 Å². The zero-order valence-corrected chi connectivity index (χ0v) is 11.7. The van der Waals surface area contributed by atoms with Crippen molar-refractivity contribution in [3.8, 4) is 0 Å². The van der Waals surface area contributed by atoms with Gasteiger partial charge in [-0.3, -0.25) is 4.79 Å². The van der Waals surface area contributed by atoms with Gasteiger partial charge < -0.3 is 20.5 Å². The van der Waals surface area contributed by atoms with Gasteiger partial charge in [-0.25, -0.2) is 0 Å². The van der Waals surface area contributed by atoms with Gasteiger partial charge in [-0.05, 0) is 26.3 Å². The first-order valence-electron chi connectivity index (χ1n) is 5.78. The fourth-order valence-corrected chi connectivity index (χ4v) is 1.01. The molecular weight excluding hydrogens is 244 g/mol. The minimum Gasteiger partial charge on any atom is -0.379 e. The Bertz CT molecular complexity index is 194. The number of nitrogens with one attached hydrogen (secondary N) is 1. The third-order valence-electron chi connectivity index (χ3n) is 2.20. The summed E-state index contributed by atoms with van der Waals surface area (Å²) in [6.45, 7) is 8.42. The summed E-state index contributed by atoms with van der Waals surface area (Å²) >= 11 is 0. The number of carbonyl (C=O) groups excluding carboxylic acids is 1. The molecule has 0 aliphatic carbocycles. The first-order valence-corrected chi connectivity index (χ1v) is 5.78. The van der Waals surface area contributed by atoms with Crippen molar-refractivity contribution in [3.63, 3.8) is 0 Å². The van der Waals surface area contributed by atoms with Crippen LogP contribution in [0.2, 0.25) is 0 Å². The molecule has 3 N–H and O–H groups in total. The first kappa shape index (κ1) is 19.0. The van der Waals surface area contributed by atoms with Crippen molar-refractivity contribution in [1.82, 2.24) is 5.32 Å². The molecular formula is C11H25ClN2O3. The Balaban J connectivity index is 0. The van der Waals surface area contributed by atoms with Crippen LogP contribution >= 0.6 is 12.4 Å². The Morgan fingerprint density at radius 1 is 1.35 bits per heavy atom. The lowest BCUT2D eigenvalue weighted by Crippen LogP contribution is -2.38. The van der Waals surface area contributed by atoms with E-state index in [4.69, 9.17) is 15.2 Å². The average Bonchev–Trinajstić information content (AvgIpc) is 2.30. The van der Waals surface area contributed by atoms with Crippen molar-refractivity contribution >= 4 is 18.3 Å². The van der Waals surface area contributed by atoms with E-state index in [0.29, 0.717) is 38.8 Å². The maximum atomic E-state index is 11.5. The van der Waals surface area contributed by atoms with Crippen LogP contribution in [-0.2, 0) is 14.3 Å². The maximum Gasteiger partial charge on any atom is 0.248 e. The molecule has 0 rings (SSSR count). The number of halogens is 1. The molecule has 0 aliphatic rings. The molecule has 0 aromatic rings. The largest absolute Gasteiger partial charge is 0.379 e. The molecule has 0 fully saturated rings. The number of nitrogens with two attached hydrogens (primary N) is 1. The average molecular weight is 269 g/mol. The first-order chi connectivity index (χ1) is 7.61. The Morgan fingerprint density at radius 3 is 2.53 bits per heavy atom. The van der Waals surface area contributed by atoms with Gasteiger partial charge in [0.25, 0.3) is 0 Å². The van der Waals surface area contributed by atoms with E-state index < -0.39 is 6.10 Å². The molecule has 0 saturated heterocycles. The second kappa shape index (κ2) is 12.1. The molecule has 1 amide bonds. The van der Waals surface area contributed by atoms with E-state index in [0.717, 1.165) is 0 Å². The van der Waals surface area contributed by atoms with Crippen LogP contribution in [0.3, 0.4) is 0 Å².